The summed E-state index contributed by atoms with van der Waals surface area (Å²) in [6.45, 7) is 4.16. The van der Waals surface area contributed by atoms with Gasteiger partial charge in [0, 0.05) is 12.8 Å². The first-order valence-electron chi connectivity index (χ1n) is 5.05. The van der Waals surface area contributed by atoms with Gasteiger partial charge in [-0.05, 0) is 12.3 Å². The molecule has 0 aliphatic rings. The lowest BCUT2D eigenvalue weighted by Gasteiger charge is -2.09. The van der Waals surface area contributed by atoms with E-state index in [1.165, 1.54) is 0 Å². The average Bonchev–Trinajstić information content (AvgIpc) is 2.16. The Morgan fingerprint density at radius 2 is 2.12 bits per heavy atom. The van der Waals surface area contributed by atoms with E-state index in [4.69, 9.17) is 15.8 Å². The first kappa shape index (κ1) is 15.1. The Bertz CT molecular complexity index is 332. The van der Waals surface area contributed by atoms with Crippen molar-refractivity contribution in [1.82, 2.24) is 0 Å². The third-order valence-electron chi connectivity index (χ3n) is 1.58. The minimum atomic E-state index is -4.02. The van der Waals surface area contributed by atoms with Gasteiger partial charge in [-0.3, -0.25) is 9.42 Å². The molecule has 0 aromatic rings. The van der Waals surface area contributed by atoms with Gasteiger partial charge < -0.3 is 4.52 Å². The normalized spacial score (nSPS) is 13.4. The van der Waals surface area contributed by atoms with Crippen LogP contribution in [0.5, 0.6) is 0 Å². The summed E-state index contributed by atoms with van der Waals surface area (Å²) in [7, 11) is -4.02. The Morgan fingerprint density at radius 1 is 1.44 bits per heavy atom. The fraction of sp³-hybridized carbons (Fsp3) is 0.636. The van der Waals surface area contributed by atoms with Crippen LogP contribution in [0.1, 0.15) is 33.1 Å². The number of hydrogen-bond donors (Lipinski definition) is 1. The molecule has 0 amide bonds. The summed E-state index contributed by atoms with van der Waals surface area (Å²) in [6, 6.07) is 0. The van der Waals surface area contributed by atoms with Crippen LogP contribution in [0.25, 0.3) is 0 Å². The second-order valence-corrected chi connectivity index (χ2v) is 4.94. The minimum absolute atomic E-state index is 0.178. The second kappa shape index (κ2) is 8.25. The molecule has 1 unspecified atom stereocenters. The predicted octanol–water partition coefficient (Wildman–Crippen LogP) is 2.54. The fourth-order valence-electron chi connectivity index (χ4n) is 0.706. The topological polar surface area (TPSA) is 55.8 Å². The molecule has 0 radical (unpaired) electrons. The van der Waals surface area contributed by atoms with E-state index in [0.29, 0.717) is 25.2 Å². The molecule has 0 aromatic carbocycles. The van der Waals surface area contributed by atoms with E-state index in [1.54, 1.807) is 0 Å². The van der Waals surface area contributed by atoms with Gasteiger partial charge in [0.25, 0.3) is 0 Å². The van der Waals surface area contributed by atoms with E-state index in [2.05, 4.69) is 22.5 Å². The van der Waals surface area contributed by atoms with Crippen molar-refractivity contribution >= 4 is 7.82 Å². The van der Waals surface area contributed by atoms with Crippen LogP contribution in [-0.2, 0) is 13.6 Å². The summed E-state index contributed by atoms with van der Waals surface area (Å²) >= 11 is 0. The van der Waals surface area contributed by atoms with Gasteiger partial charge in [-0.15, -0.1) is 12.3 Å². The largest absolute Gasteiger partial charge is 0.535 e. The molecule has 0 rings (SSSR count). The van der Waals surface area contributed by atoms with Crippen molar-refractivity contribution < 1.29 is 18.5 Å². The van der Waals surface area contributed by atoms with Gasteiger partial charge in [-0.25, -0.2) is 4.57 Å². The van der Waals surface area contributed by atoms with E-state index >= 15 is 0 Å². The van der Waals surface area contributed by atoms with Crippen molar-refractivity contribution in [3.63, 3.8) is 0 Å². The maximum Gasteiger partial charge on any atom is 0.535 e. The summed E-state index contributed by atoms with van der Waals surface area (Å²) in [6.07, 6.45) is 8.73. The van der Waals surface area contributed by atoms with Gasteiger partial charge in [0.2, 0.25) is 0 Å². The summed E-state index contributed by atoms with van der Waals surface area (Å²) in [5.74, 6) is 5.31. The average molecular weight is 244 g/mol. The molecule has 0 bridgehead atoms. The van der Waals surface area contributed by atoms with Crippen LogP contribution in [0, 0.1) is 30.3 Å². The highest BCUT2D eigenvalue weighted by molar-refractivity contribution is 7.47. The molecule has 0 saturated carbocycles. The van der Waals surface area contributed by atoms with Gasteiger partial charge in [-0.2, -0.15) is 0 Å². The van der Waals surface area contributed by atoms with Crippen molar-refractivity contribution in [3.05, 3.63) is 0 Å². The Kier molecular flexibility index (Phi) is 7.77. The zero-order valence-corrected chi connectivity index (χ0v) is 10.5. The maximum absolute atomic E-state index is 11.2. The van der Waals surface area contributed by atoms with Crippen molar-refractivity contribution in [3.8, 4) is 24.4 Å². The van der Waals surface area contributed by atoms with Gasteiger partial charge >= 0.3 is 7.82 Å². The molecule has 16 heavy (non-hydrogen) atoms. The molecular formula is C11H17O4P. The Labute approximate surface area is 97.0 Å². The molecule has 0 fully saturated rings. The molecule has 0 aliphatic heterocycles. The highest BCUT2D eigenvalue weighted by Gasteiger charge is 2.20. The van der Waals surface area contributed by atoms with Crippen molar-refractivity contribution in [2.75, 3.05) is 6.61 Å². The van der Waals surface area contributed by atoms with Crippen LogP contribution >= 0.6 is 7.82 Å². The SMILES string of the molecule is C#CCCC#COP(=O)(O)OCCC(C)C. The van der Waals surface area contributed by atoms with E-state index in [1.807, 2.05) is 13.8 Å². The lowest BCUT2D eigenvalue weighted by atomic mass is 10.2. The van der Waals surface area contributed by atoms with Gasteiger partial charge in [0.15, 0.2) is 0 Å². The maximum atomic E-state index is 11.2. The number of terminal acetylenes is 1. The Balaban J connectivity index is 3.81. The third-order valence-corrected chi connectivity index (χ3v) is 2.41. The van der Waals surface area contributed by atoms with Gasteiger partial charge in [0.05, 0.1) is 6.61 Å². The highest BCUT2D eigenvalue weighted by Crippen LogP contribution is 2.42. The van der Waals surface area contributed by atoms with Crippen LogP contribution in [-0.4, -0.2) is 11.5 Å². The molecule has 0 heterocycles. The van der Waals surface area contributed by atoms with E-state index in [-0.39, 0.29) is 6.61 Å². The number of hydrogen-bond acceptors (Lipinski definition) is 3. The number of rotatable bonds is 6. The molecule has 0 saturated heterocycles. The second-order valence-electron chi connectivity index (χ2n) is 3.56. The Hall–Kier alpha value is -0.930. The number of phosphoric acid groups is 1. The molecular weight excluding hydrogens is 227 g/mol. The highest BCUT2D eigenvalue weighted by atomic mass is 31.2. The van der Waals surface area contributed by atoms with Crippen molar-refractivity contribution in [2.24, 2.45) is 5.92 Å². The van der Waals surface area contributed by atoms with E-state index in [9.17, 15) is 4.57 Å². The molecule has 0 aliphatic carbocycles. The van der Waals surface area contributed by atoms with Gasteiger partial charge in [-0.1, -0.05) is 19.8 Å². The standard InChI is InChI=1S/C11H17O4P/c1-4-5-6-7-9-14-16(12,13)15-10-8-11(2)3/h1,11H,5-6,8,10H2,2-3H3,(H,12,13). The van der Waals surface area contributed by atoms with Crippen LogP contribution in [0.3, 0.4) is 0 Å². The summed E-state index contributed by atoms with van der Waals surface area (Å²) in [5, 5.41) is 0. The molecule has 0 spiro atoms. The molecule has 90 valence electrons. The van der Waals surface area contributed by atoms with Crippen molar-refractivity contribution in [2.45, 2.75) is 33.1 Å². The first-order valence-corrected chi connectivity index (χ1v) is 6.54. The quantitative estimate of drug-likeness (QED) is 0.443. The summed E-state index contributed by atoms with van der Waals surface area (Å²) in [5.41, 5.74) is 0. The monoisotopic (exact) mass is 244 g/mol. The van der Waals surface area contributed by atoms with Crippen LogP contribution in [0.2, 0.25) is 0 Å². The molecule has 5 heteroatoms. The zero-order valence-electron chi connectivity index (χ0n) is 9.60. The minimum Gasteiger partial charge on any atom is -0.350 e. The molecule has 4 nitrogen and oxygen atoms in total. The van der Waals surface area contributed by atoms with E-state index in [0.717, 1.165) is 0 Å². The Morgan fingerprint density at radius 3 is 2.69 bits per heavy atom. The van der Waals surface area contributed by atoms with Crippen LogP contribution in [0.15, 0.2) is 0 Å². The summed E-state index contributed by atoms with van der Waals surface area (Å²) < 4.78 is 20.3. The predicted molar refractivity (Wildman–Crippen MR) is 62.2 cm³/mol. The molecule has 1 atom stereocenters. The first-order chi connectivity index (χ1) is 7.48. The van der Waals surface area contributed by atoms with E-state index < -0.39 is 7.82 Å². The smallest absolute Gasteiger partial charge is 0.350 e. The molecule has 0 aromatic heterocycles. The number of phosphoric ester groups is 1. The lowest BCUT2D eigenvalue weighted by molar-refractivity contribution is 0.185. The summed E-state index contributed by atoms with van der Waals surface area (Å²) in [4.78, 5) is 9.15. The lowest BCUT2D eigenvalue weighted by Crippen LogP contribution is -1.98. The molecule has 1 N–H and O–H groups in total. The number of unbranched alkanes of at least 4 members (excludes halogenated alkanes) is 1. The third kappa shape index (κ3) is 9.62. The van der Waals surface area contributed by atoms with Gasteiger partial charge in [0.1, 0.15) is 6.11 Å². The zero-order chi connectivity index (χ0) is 12.4. The van der Waals surface area contributed by atoms with Crippen LogP contribution < -0.4 is 0 Å². The van der Waals surface area contributed by atoms with Crippen LogP contribution in [0.4, 0.5) is 0 Å². The van der Waals surface area contributed by atoms with Crippen molar-refractivity contribution in [1.29, 1.82) is 0 Å². The fourth-order valence-corrected chi connectivity index (χ4v) is 1.27.